The summed E-state index contributed by atoms with van der Waals surface area (Å²) in [4.78, 5) is 15.9. The third-order valence-corrected chi connectivity index (χ3v) is 3.01. The van der Waals surface area contributed by atoms with Crippen molar-refractivity contribution in [3.05, 3.63) is 53.7 Å². The predicted octanol–water partition coefficient (Wildman–Crippen LogP) is 4.35. The number of carbonyl (C=O) groups is 1. The van der Waals surface area contributed by atoms with E-state index in [0.29, 0.717) is 5.82 Å². The first kappa shape index (κ1) is 16.8. The van der Waals surface area contributed by atoms with Crippen LogP contribution in [0.15, 0.2) is 42.6 Å². The molecule has 1 aromatic carbocycles. The quantitative estimate of drug-likeness (QED) is 0.881. The highest BCUT2D eigenvalue weighted by molar-refractivity contribution is 5.83. The van der Waals surface area contributed by atoms with Crippen molar-refractivity contribution < 1.29 is 9.53 Å². The Bertz CT molecular complexity index is 643. The van der Waals surface area contributed by atoms with Crippen LogP contribution in [0.5, 0.6) is 0 Å². The second-order valence-corrected chi connectivity index (χ2v) is 6.40. The monoisotopic (exact) mass is 313 g/mol. The van der Waals surface area contributed by atoms with Crippen LogP contribution >= 0.6 is 0 Å². The van der Waals surface area contributed by atoms with Crippen LogP contribution in [0.2, 0.25) is 0 Å². The molecular formula is C18H23N3O2. The number of hydrogen-bond donors (Lipinski definition) is 2. The van der Waals surface area contributed by atoms with E-state index in [9.17, 15) is 4.79 Å². The molecule has 1 aromatic heterocycles. The lowest BCUT2D eigenvalue weighted by Gasteiger charge is -2.19. The highest BCUT2D eigenvalue weighted by atomic mass is 16.6. The summed E-state index contributed by atoms with van der Waals surface area (Å²) in [5, 5.41) is 5.90. The van der Waals surface area contributed by atoms with E-state index >= 15 is 0 Å². The number of ether oxygens (including phenoxy) is 1. The van der Waals surface area contributed by atoms with Crippen molar-refractivity contribution in [2.24, 2.45) is 0 Å². The Balaban J connectivity index is 1.87. The summed E-state index contributed by atoms with van der Waals surface area (Å²) in [5.41, 5.74) is 2.81. The highest BCUT2D eigenvalue weighted by Crippen LogP contribution is 2.13. The summed E-state index contributed by atoms with van der Waals surface area (Å²) in [6, 6.07) is 12.0. The Morgan fingerprint density at radius 1 is 1.13 bits per heavy atom. The molecule has 0 aliphatic carbocycles. The number of carbonyl (C=O) groups excluding carboxylic acids is 1. The Morgan fingerprint density at radius 2 is 1.83 bits per heavy atom. The smallest absolute Gasteiger partial charge is 0.413 e. The second-order valence-electron chi connectivity index (χ2n) is 6.40. The zero-order valence-corrected chi connectivity index (χ0v) is 14.0. The molecular weight excluding hydrogens is 290 g/mol. The molecule has 0 aliphatic rings. The van der Waals surface area contributed by atoms with Crippen LogP contribution in [0.1, 0.15) is 31.9 Å². The lowest BCUT2D eigenvalue weighted by atomic mass is 10.1. The minimum Gasteiger partial charge on any atom is -0.444 e. The van der Waals surface area contributed by atoms with Crippen LogP contribution in [0.4, 0.5) is 16.3 Å². The number of nitrogens with one attached hydrogen (secondary N) is 2. The van der Waals surface area contributed by atoms with E-state index in [0.717, 1.165) is 12.2 Å². The van der Waals surface area contributed by atoms with Crippen LogP contribution in [0, 0.1) is 6.92 Å². The minimum absolute atomic E-state index is 0.458. The summed E-state index contributed by atoms with van der Waals surface area (Å²) in [6.45, 7) is 8.24. The largest absolute Gasteiger partial charge is 0.444 e. The van der Waals surface area contributed by atoms with Crippen molar-refractivity contribution in [3.8, 4) is 0 Å². The van der Waals surface area contributed by atoms with E-state index in [2.05, 4.69) is 46.8 Å². The van der Waals surface area contributed by atoms with Crippen molar-refractivity contribution in [1.29, 1.82) is 0 Å². The molecule has 0 bridgehead atoms. The van der Waals surface area contributed by atoms with Crippen LogP contribution in [0.25, 0.3) is 0 Å². The van der Waals surface area contributed by atoms with Gasteiger partial charge in [-0.15, -0.1) is 0 Å². The summed E-state index contributed by atoms with van der Waals surface area (Å²) < 4.78 is 5.18. The van der Waals surface area contributed by atoms with Gasteiger partial charge < -0.3 is 10.1 Å². The van der Waals surface area contributed by atoms with Gasteiger partial charge in [-0.3, -0.25) is 5.32 Å². The molecule has 0 saturated carbocycles. The van der Waals surface area contributed by atoms with Gasteiger partial charge in [0.05, 0.1) is 11.9 Å². The maximum absolute atomic E-state index is 11.7. The average Bonchev–Trinajstić information content (AvgIpc) is 2.46. The van der Waals surface area contributed by atoms with Gasteiger partial charge in [-0.2, -0.15) is 0 Å². The summed E-state index contributed by atoms with van der Waals surface area (Å²) in [5.74, 6) is 0.458. The first-order valence-electron chi connectivity index (χ1n) is 7.57. The molecule has 2 rings (SSSR count). The van der Waals surface area contributed by atoms with E-state index in [1.165, 1.54) is 11.1 Å². The Hall–Kier alpha value is -2.56. The van der Waals surface area contributed by atoms with E-state index in [1.807, 2.05) is 26.8 Å². The molecule has 2 N–H and O–H groups in total. The number of aryl methyl sites for hydroxylation is 1. The van der Waals surface area contributed by atoms with E-state index in [1.54, 1.807) is 12.3 Å². The van der Waals surface area contributed by atoms with Crippen LogP contribution < -0.4 is 10.6 Å². The van der Waals surface area contributed by atoms with Gasteiger partial charge >= 0.3 is 6.09 Å². The fraction of sp³-hybridized carbons (Fsp3) is 0.333. The van der Waals surface area contributed by atoms with Gasteiger partial charge in [-0.25, -0.2) is 9.78 Å². The van der Waals surface area contributed by atoms with E-state index in [-0.39, 0.29) is 0 Å². The third kappa shape index (κ3) is 5.98. The fourth-order valence-electron chi connectivity index (χ4n) is 1.89. The summed E-state index contributed by atoms with van der Waals surface area (Å²) in [6.07, 6.45) is 1.17. The van der Waals surface area contributed by atoms with Crippen LogP contribution in [-0.4, -0.2) is 16.7 Å². The van der Waals surface area contributed by atoms with Gasteiger partial charge in [0.25, 0.3) is 0 Å². The molecule has 0 saturated heterocycles. The Kier molecular flexibility index (Phi) is 5.21. The fourth-order valence-corrected chi connectivity index (χ4v) is 1.89. The first-order valence-corrected chi connectivity index (χ1v) is 7.57. The molecule has 0 atom stereocenters. The molecule has 2 aromatic rings. The molecule has 23 heavy (non-hydrogen) atoms. The number of nitrogens with zero attached hydrogens (tertiary/aromatic N) is 1. The maximum atomic E-state index is 11.7. The molecule has 122 valence electrons. The summed E-state index contributed by atoms with van der Waals surface area (Å²) in [7, 11) is 0. The molecule has 0 fully saturated rings. The van der Waals surface area contributed by atoms with Crippen molar-refractivity contribution in [2.75, 3.05) is 10.6 Å². The molecule has 5 heteroatoms. The number of pyridine rings is 1. The Morgan fingerprint density at radius 3 is 2.39 bits per heavy atom. The topological polar surface area (TPSA) is 63.2 Å². The highest BCUT2D eigenvalue weighted by Gasteiger charge is 2.16. The second kappa shape index (κ2) is 7.13. The van der Waals surface area contributed by atoms with Gasteiger partial charge in [-0.1, -0.05) is 29.8 Å². The molecule has 0 unspecified atom stereocenters. The lowest BCUT2D eigenvalue weighted by Crippen LogP contribution is -2.27. The zero-order chi connectivity index (χ0) is 16.9. The van der Waals surface area contributed by atoms with E-state index < -0.39 is 11.7 Å². The number of benzene rings is 1. The van der Waals surface area contributed by atoms with Crippen molar-refractivity contribution in [3.63, 3.8) is 0 Å². The minimum atomic E-state index is -0.528. The first-order chi connectivity index (χ1) is 10.8. The number of anilines is 2. The van der Waals surface area contributed by atoms with Crippen LogP contribution in [0.3, 0.4) is 0 Å². The SMILES string of the molecule is Cc1ccc(CNc2ccc(NC(=O)OC(C)(C)C)nc2)cc1. The number of aromatic nitrogens is 1. The predicted molar refractivity (Wildman–Crippen MR) is 92.6 cm³/mol. The van der Waals surface area contributed by atoms with Gasteiger partial charge in [-0.05, 0) is 45.4 Å². The van der Waals surface area contributed by atoms with Gasteiger partial charge in [0.2, 0.25) is 0 Å². The molecule has 1 amide bonds. The molecule has 0 aliphatic heterocycles. The number of amides is 1. The lowest BCUT2D eigenvalue weighted by molar-refractivity contribution is 0.0635. The van der Waals surface area contributed by atoms with Gasteiger partial charge in [0, 0.05) is 6.54 Å². The molecule has 0 spiro atoms. The van der Waals surface area contributed by atoms with E-state index in [4.69, 9.17) is 4.74 Å². The normalized spacial score (nSPS) is 11.0. The van der Waals surface area contributed by atoms with Crippen molar-refractivity contribution in [1.82, 2.24) is 4.98 Å². The van der Waals surface area contributed by atoms with Crippen molar-refractivity contribution in [2.45, 2.75) is 39.8 Å². The van der Waals surface area contributed by atoms with Gasteiger partial charge in [0.1, 0.15) is 11.4 Å². The Labute approximate surface area is 137 Å². The van der Waals surface area contributed by atoms with Crippen molar-refractivity contribution >= 4 is 17.6 Å². The standard InChI is InChI=1S/C18H23N3O2/c1-13-5-7-14(8-6-13)11-19-15-9-10-16(20-12-15)21-17(22)23-18(2,3)4/h5-10,12,19H,11H2,1-4H3,(H,20,21,22). The maximum Gasteiger partial charge on any atom is 0.413 e. The summed E-state index contributed by atoms with van der Waals surface area (Å²) >= 11 is 0. The van der Waals surface area contributed by atoms with Crippen LogP contribution in [-0.2, 0) is 11.3 Å². The molecule has 1 heterocycles. The number of hydrogen-bond acceptors (Lipinski definition) is 4. The third-order valence-electron chi connectivity index (χ3n) is 3.01. The van der Waals surface area contributed by atoms with Gasteiger partial charge in [0.15, 0.2) is 0 Å². The average molecular weight is 313 g/mol. The molecule has 0 radical (unpaired) electrons. The zero-order valence-electron chi connectivity index (χ0n) is 14.0. The molecule has 5 nitrogen and oxygen atoms in total. The number of rotatable bonds is 4.